The summed E-state index contributed by atoms with van der Waals surface area (Å²) in [5.41, 5.74) is 3.04. The Morgan fingerprint density at radius 3 is 2.56 bits per heavy atom. The van der Waals surface area contributed by atoms with Crippen LogP contribution >= 0.6 is 0 Å². The fraction of sp³-hybridized carbons (Fsp3) is 0.520. The van der Waals surface area contributed by atoms with Gasteiger partial charge in [-0.15, -0.1) is 0 Å². The van der Waals surface area contributed by atoms with E-state index in [2.05, 4.69) is 5.10 Å². The highest BCUT2D eigenvalue weighted by Crippen LogP contribution is 2.53. The molecule has 0 aliphatic heterocycles. The Bertz CT molecular complexity index is 1090. The molecule has 0 bridgehead atoms. The number of aliphatic hydroxyl groups is 1. The van der Waals surface area contributed by atoms with Gasteiger partial charge in [-0.2, -0.15) is 18.3 Å². The third-order valence-electron chi connectivity index (χ3n) is 7.00. The molecule has 1 heterocycles. The number of carbonyl (C=O) groups is 1. The zero-order valence-electron chi connectivity index (χ0n) is 19.4. The van der Waals surface area contributed by atoms with E-state index in [4.69, 9.17) is 0 Å². The van der Waals surface area contributed by atoms with Crippen LogP contribution in [0.3, 0.4) is 0 Å². The molecule has 1 aromatic carbocycles. The van der Waals surface area contributed by atoms with E-state index in [-0.39, 0.29) is 24.2 Å². The summed E-state index contributed by atoms with van der Waals surface area (Å²) in [5.74, 6) is -1.22. The van der Waals surface area contributed by atoms with Gasteiger partial charge < -0.3 is 10.0 Å². The molecule has 1 unspecified atom stereocenters. The first-order valence-electron chi connectivity index (χ1n) is 11.5. The number of aromatic nitrogens is 2. The van der Waals surface area contributed by atoms with E-state index in [1.54, 1.807) is 23.0 Å². The lowest BCUT2D eigenvalue weighted by atomic mass is 9.69. The van der Waals surface area contributed by atoms with Crippen molar-refractivity contribution < 1.29 is 27.5 Å². The molecule has 3 atom stereocenters. The molecule has 1 fully saturated rings. The minimum atomic E-state index is -4.78. The predicted octanol–water partition coefficient (Wildman–Crippen LogP) is 4.78. The Labute approximate surface area is 196 Å². The van der Waals surface area contributed by atoms with Gasteiger partial charge in [0.25, 0.3) is 0 Å². The Kier molecular flexibility index (Phi) is 6.35. The first kappa shape index (κ1) is 24.4. The molecule has 1 N–H and O–H groups in total. The molecular formula is C25H29F4N3O2. The van der Waals surface area contributed by atoms with Gasteiger partial charge >= 0.3 is 6.18 Å². The maximum absolute atomic E-state index is 13.5. The third kappa shape index (κ3) is 4.50. The van der Waals surface area contributed by atoms with Gasteiger partial charge in [0.2, 0.25) is 5.91 Å². The Balaban J connectivity index is 1.61. The van der Waals surface area contributed by atoms with Crippen molar-refractivity contribution in [2.75, 3.05) is 13.1 Å². The molecule has 4 rings (SSSR count). The SMILES string of the molecule is CC(C)CN(CC(O)C(F)(F)F)C(=O)[C@H]1CCC2=Cc3c(cnn3-c3ccc(F)cc3)C[C@@]21C. The molecule has 1 saturated carbocycles. The fourth-order valence-electron chi connectivity index (χ4n) is 5.26. The second-order valence-corrected chi connectivity index (χ2v) is 9.99. The molecule has 0 spiro atoms. The van der Waals surface area contributed by atoms with Crippen LogP contribution in [0.5, 0.6) is 0 Å². The summed E-state index contributed by atoms with van der Waals surface area (Å²) in [6.07, 6.45) is -1.90. The number of amides is 1. The van der Waals surface area contributed by atoms with Crippen LogP contribution in [0.4, 0.5) is 17.6 Å². The summed E-state index contributed by atoms with van der Waals surface area (Å²) in [6, 6.07) is 6.02. The third-order valence-corrected chi connectivity index (χ3v) is 7.00. The van der Waals surface area contributed by atoms with Crippen molar-refractivity contribution in [3.63, 3.8) is 0 Å². The Hall–Kier alpha value is -2.68. The highest BCUT2D eigenvalue weighted by molar-refractivity contribution is 5.82. The first-order chi connectivity index (χ1) is 15.9. The number of hydrogen-bond acceptors (Lipinski definition) is 3. The van der Waals surface area contributed by atoms with Crippen LogP contribution in [0.1, 0.15) is 44.9 Å². The van der Waals surface area contributed by atoms with E-state index in [1.165, 1.54) is 17.0 Å². The normalized spacial score (nSPS) is 22.9. The van der Waals surface area contributed by atoms with Gasteiger partial charge in [0, 0.05) is 17.9 Å². The van der Waals surface area contributed by atoms with E-state index < -0.39 is 30.2 Å². The summed E-state index contributed by atoms with van der Waals surface area (Å²) in [5, 5.41) is 14.1. The van der Waals surface area contributed by atoms with E-state index in [9.17, 15) is 27.5 Å². The topological polar surface area (TPSA) is 58.4 Å². The van der Waals surface area contributed by atoms with Gasteiger partial charge in [-0.25, -0.2) is 9.07 Å². The summed E-state index contributed by atoms with van der Waals surface area (Å²) in [7, 11) is 0. The molecule has 0 radical (unpaired) electrons. The van der Waals surface area contributed by atoms with Crippen molar-refractivity contribution >= 4 is 12.0 Å². The van der Waals surface area contributed by atoms with Crippen LogP contribution in [-0.2, 0) is 11.2 Å². The van der Waals surface area contributed by atoms with Gasteiger partial charge in [0.1, 0.15) is 5.82 Å². The second-order valence-electron chi connectivity index (χ2n) is 9.99. The number of fused-ring (bicyclic) bond motifs is 2. The quantitative estimate of drug-likeness (QED) is 0.607. The van der Waals surface area contributed by atoms with Gasteiger partial charge in [-0.1, -0.05) is 26.3 Å². The average Bonchev–Trinajstić information content (AvgIpc) is 3.30. The molecule has 0 saturated heterocycles. The minimum absolute atomic E-state index is 0.0412. The van der Waals surface area contributed by atoms with Crippen molar-refractivity contribution in [2.24, 2.45) is 17.3 Å². The molecule has 1 amide bonds. The number of hydrogen-bond donors (Lipinski definition) is 1. The summed E-state index contributed by atoms with van der Waals surface area (Å²) in [4.78, 5) is 14.7. The standard InChI is InChI=1S/C25H29F4N3O2/c1-15(2)13-31(14-22(33)25(27,28)29)23(34)20-9-4-17-10-21-16(11-24(17,20)3)12-30-32(21)19-7-5-18(26)6-8-19/h5-8,10,12,15,20,22,33H,4,9,11,13-14H2,1-3H3/t20-,22?,24+/m1/s1. The number of aliphatic hydroxyl groups excluding tert-OH is 1. The van der Waals surface area contributed by atoms with Crippen LogP contribution in [-0.4, -0.2) is 51.1 Å². The van der Waals surface area contributed by atoms with Crippen molar-refractivity contribution in [3.05, 3.63) is 53.1 Å². The largest absolute Gasteiger partial charge is 0.416 e. The lowest BCUT2D eigenvalue weighted by molar-refractivity contribution is -0.209. The second kappa shape index (κ2) is 8.83. The highest BCUT2D eigenvalue weighted by atomic mass is 19.4. The van der Waals surface area contributed by atoms with E-state index in [0.29, 0.717) is 19.3 Å². The van der Waals surface area contributed by atoms with Gasteiger partial charge in [0.15, 0.2) is 6.10 Å². The van der Waals surface area contributed by atoms with E-state index >= 15 is 0 Å². The van der Waals surface area contributed by atoms with Crippen LogP contribution in [0.15, 0.2) is 36.0 Å². The molecule has 2 aliphatic carbocycles. The lowest BCUT2D eigenvalue weighted by Gasteiger charge is -2.38. The lowest BCUT2D eigenvalue weighted by Crippen LogP contribution is -2.49. The number of rotatable bonds is 6. The van der Waals surface area contributed by atoms with Gasteiger partial charge in [0.05, 0.1) is 24.1 Å². The molecule has 1 aromatic heterocycles. The molecule has 184 valence electrons. The van der Waals surface area contributed by atoms with E-state index in [1.807, 2.05) is 26.8 Å². The number of halogens is 4. The van der Waals surface area contributed by atoms with Crippen molar-refractivity contribution in [1.82, 2.24) is 14.7 Å². The van der Waals surface area contributed by atoms with Crippen molar-refractivity contribution in [2.45, 2.75) is 52.3 Å². The molecule has 5 nitrogen and oxygen atoms in total. The highest BCUT2D eigenvalue weighted by Gasteiger charge is 2.50. The van der Waals surface area contributed by atoms with Gasteiger partial charge in [-0.05, 0) is 61.1 Å². The molecule has 2 aromatic rings. The molecule has 2 aliphatic rings. The maximum Gasteiger partial charge on any atom is 0.416 e. The van der Waals surface area contributed by atoms with E-state index in [0.717, 1.165) is 22.5 Å². The smallest absolute Gasteiger partial charge is 0.382 e. The Morgan fingerprint density at radius 2 is 1.94 bits per heavy atom. The number of benzene rings is 1. The number of carbonyl (C=O) groups excluding carboxylic acids is 1. The van der Waals surface area contributed by atoms with Crippen molar-refractivity contribution in [3.8, 4) is 5.69 Å². The first-order valence-corrected chi connectivity index (χ1v) is 11.5. The summed E-state index contributed by atoms with van der Waals surface area (Å²) >= 11 is 0. The maximum atomic E-state index is 13.5. The number of alkyl halides is 3. The van der Waals surface area contributed by atoms with Gasteiger partial charge in [-0.3, -0.25) is 4.79 Å². The van der Waals surface area contributed by atoms with Crippen molar-refractivity contribution in [1.29, 1.82) is 0 Å². The number of nitrogens with zero attached hydrogens (tertiary/aromatic N) is 3. The number of allylic oxidation sites excluding steroid dienone is 1. The summed E-state index contributed by atoms with van der Waals surface area (Å²) in [6.45, 7) is 5.03. The summed E-state index contributed by atoms with van der Waals surface area (Å²) < 4.78 is 54.2. The molecule has 34 heavy (non-hydrogen) atoms. The predicted molar refractivity (Wildman–Crippen MR) is 120 cm³/mol. The van der Waals surface area contributed by atoms with Crippen LogP contribution in [0, 0.1) is 23.1 Å². The fourth-order valence-corrected chi connectivity index (χ4v) is 5.26. The molecular weight excluding hydrogens is 450 g/mol. The minimum Gasteiger partial charge on any atom is -0.382 e. The van der Waals surface area contributed by atoms with Crippen LogP contribution < -0.4 is 0 Å². The monoisotopic (exact) mass is 479 g/mol. The zero-order valence-corrected chi connectivity index (χ0v) is 19.4. The Morgan fingerprint density at radius 1 is 1.26 bits per heavy atom. The van der Waals surface area contributed by atoms with Crippen LogP contribution in [0.2, 0.25) is 0 Å². The average molecular weight is 480 g/mol. The zero-order chi connectivity index (χ0) is 24.8. The molecule has 9 heteroatoms. The van der Waals surface area contributed by atoms with Crippen LogP contribution in [0.25, 0.3) is 11.8 Å².